The summed E-state index contributed by atoms with van der Waals surface area (Å²) < 4.78 is 11.2. The molecular weight excluding hydrogens is 264 g/mol. The van der Waals surface area contributed by atoms with Crippen molar-refractivity contribution in [1.29, 1.82) is 0 Å². The van der Waals surface area contributed by atoms with Crippen LogP contribution < -0.4 is 0 Å². The van der Waals surface area contributed by atoms with Crippen molar-refractivity contribution in [2.45, 2.75) is 19.4 Å². The van der Waals surface area contributed by atoms with Gasteiger partial charge in [0, 0.05) is 5.92 Å². The number of ether oxygens (including phenoxy) is 2. The molecule has 0 saturated carbocycles. The first-order chi connectivity index (χ1) is 10.1. The van der Waals surface area contributed by atoms with Gasteiger partial charge in [-0.1, -0.05) is 30.4 Å². The van der Waals surface area contributed by atoms with Crippen molar-refractivity contribution in [3.8, 4) is 0 Å². The Morgan fingerprint density at radius 1 is 1.24 bits per heavy atom. The summed E-state index contributed by atoms with van der Waals surface area (Å²) in [7, 11) is 0. The van der Waals surface area contributed by atoms with E-state index in [1.807, 2.05) is 42.5 Å². The lowest BCUT2D eigenvalue weighted by Gasteiger charge is -2.19. The summed E-state index contributed by atoms with van der Waals surface area (Å²) in [5, 5.41) is 0. The highest BCUT2D eigenvalue weighted by atomic mass is 16.5. The lowest BCUT2D eigenvalue weighted by Crippen LogP contribution is -2.20. The molecule has 1 atom stereocenters. The van der Waals surface area contributed by atoms with Crippen LogP contribution in [0.1, 0.15) is 24.2 Å². The van der Waals surface area contributed by atoms with Crippen LogP contribution in [0, 0.1) is 5.92 Å². The Balaban J connectivity index is 1.79. The van der Waals surface area contributed by atoms with Gasteiger partial charge >= 0.3 is 5.97 Å². The van der Waals surface area contributed by atoms with Crippen LogP contribution in [0.15, 0.2) is 66.0 Å². The van der Waals surface area contributed by atoms with E-state index >= 15 is 0 Å². The van der Waals surface area contributed by atoms with Gasteiger partial charge in [0.2, 0.25) is 0 Å². The summed E-state index contributed by atoms with van der Waals surface area (Å²) in [6, 6.07) is 9.00. The maximum atomic E-state index is 12.1. The van der Waals surface area contributed by atoms with Crippen LogP contribution in [-0.4, -0.2) is 18.2 Å². The minimum atomic E-state index is -0.340. The Labute approximate surface area is 124 Å². The number of benzene rings is 1. The average molecular weight is 282 g/mol. The van der Waals surface area contributed by atoms with Crippen LogP contribution >= 0.6 is 0 Å². The van der Waals surface area contributed by atoms with Crippen molar-refractivity contribution in [2.24, 2.45) is 5.92 Å². The third kappa shape index (κ3) is 2.83. The zero-order valence-electron chi connectivity index (χ0n) is 12.2. The lowest BCUT2D eigenvalue weighted by atomic mass is 9.90. The largest absolute Gasteiger partial charge is 0.423 e. The van der Waals surface area contributed by atoms with Crippen molar-refractivity contribution in [3.05, 3.63) is 71.5 Å². The number of esters is 1. The average Bonchev–Trinajstić information content (AvgIpc) is 2.64. The van der Waals surface area contributed by atoms with Gasteiger partial charge in [0.1, 0.15) is 5.76 Å². The normalized spacial score (nSPS) is 22.9. The number of allylic oxidation sites excluding steroid dienone is 3. The highest BCUT2D eigenvalue weighted by molar-refractivity contribution is 5.90. The smallest absolute Gasteiger partial charge is 0.343 e. The molecule has 1 fully saturated rings. The Morgan fingerprint density at radius 3 is 2.76 bits per heavy atom. The third-order valence-corrected chi connectivity index (χ3v) is 3.86. The number of rotatable bonds is 2. The van der Waals surface area contributed by atoms with Gasteiger partial charge in [-0.2, -0.15) is 0 Å². The first kappa shape index (κ1) is 13.8. The minimum absolute atomic E-state index is 0.254. The second-order valence-corrected chi connectivity index (χ2v) is 5.73. The van der Waals surface area contributed by atoms with Crippen molar-refractivity contribution in [1.82, 2.24) is 0 Å². The van der Waals surface area contributed by atoms with Gasteiger partial charge in [-0.25, -0.2) is 4.79 Å². The number of hydrogen-bond donors (Lipinski definition) is 0. The number of carbonyl (C=O) groups is 1. The van der Waals surface area contributed by atoms with Gasteiger partial charge in [0.25, 0.3) is 0 Å². The summed E-state index contributed by atoms with van der Waals surface area (Å²) in [6.07, 6.45) is 7.73. The molecule has 1 heterocycles. The Kier molecular flexibility index (Phi) is 3.52. The van der Waals surface area contributed by atoms with E-state index in [4.69, 9.17) is 9.47 Å². The fourth-order valence-corrected chi connectivity index (χ4v) is 2.65. The zero-order chi connectivity index (χ0) is 14.9. The topological polar surface area (TPSA) is 35.5 Å². The fourth-order valence-electron chi connectivity index (χ4n) is 2.65. The molecule has 0 amide bonds. The molecule has 0 radical (unpaired) electrons. The maximum absolute atomic E-state index is 12.1. The van der Waals surface area contributed by atoms with Gasteiger partial charge in [-0.3, -0.25) is 0 Å². The molecular formula is C18H18O3. The van der Waals surface area contributed by atoms with E-state index < -0.39 is 0 Å². The van der Waals surface area contributed by atoms with Crippen molar-refractivity contribution < 1.29 is 14.3 Å². The number of hydrogen-bond acceptors (Lipinski definition) is 3. The second-order valence-electron chi connectivity index (χ2n) is 5.73. The maximum Gasteiger partial charge on any atom is 0.343 e. The molecule has 3 rings (SSSR count). The number of fused-ring (bicyclic) bond motifs is 1. The van der Waals surface area contributed by atoms with E-state index in [0.717, 1.165) is 0 Å². The molecule has 3 nitrogen and oxygen atoms in total. The first-order valence-electron chi connectivity index (χ1n) is 7.08. The zero-order valence-corrected chi connectivity index (χ0v) is 12.2. The molecule has 0 N–H and O–H groups in total. The molecule has 1 aromatic rings. The summed E-state index contributed by atoms with van der Waals surface area (Å²) in [5.41, 5.74) is 1.50. The van der Waals surface area contributed by atoms with Crippen LogP contribution in [0.2, 0.25) is 0 Å². The SMILES string of the molecule is CC1(C)OC[C@H]2C=CC(OC(=O)c3ccccc3)=CC=C21. The van der Waals surface area contributed by atoms with Crippen LogP contribution in [0.4, 0.5) is 0 Å². The molecule has 0 unspecified atom stereocenters. The van der Waals surface area contributed by atoms with Crippen molar-refractivity contribution in [2.75, 3.05) is 6.61 Å². The third-order valence-electron chi connectivity index (χ3n) is 3.86. The molecule has 1 aliphatic carbocycles. The van der Waals surface area contributed by atoms with Crippen molar-refractivity contribution >= 4 is 5.97 Å². The predicted octanol–water partition coefficient (Wildman–Crippen LogP) is 3.65. The van der Waals surface area contributed by atoms with Crippen LogP contribution in [0.5, 0.6) is 0 Å². The lowest BCUT2D eigenvalue weighted by molar-refractivity contribution is 0.0522. The van der Waals surface area contributed by atoms with E-state index in [2.05, 4.69) is 13.8 Å². The summed E-state index contributed by atoms with van der Waals surface area (Å²) in [6.45, 7) is 4.78. The molecule has 21 heavy (non-hydrogen) atoms. The van der Waals surface area contributed by atoms with E-state index in [-0.39, 0.29) is 17.5 Å². The van der Waals surface area contributed by atoms with Gasteiger partial charge in [0.05, 0.1) is 17.8 Å². The highest BCUT2D eigenvalue weighted by Gasteiger charge is 2.36. The quantitative estimate of drug-likeness (QED) is 0.777. The van der Waals surface area contributed by atoms with Crippen LogP contribution in [0.25, 0.3) is 0 Å². The fraction of sp³-hybridized carbons (Fsp3) is 0.278. The van der Waals surface area contributed by atoms with Crippen molar-refractivity contribution in [3.63, 3.8) is 0 Å². The molecule has 2 aliphatic rings. The summed E-state index contributed by atoms with van der Waals surface area (Å²) >= 11 is 0. The van der Waals surface area contributed by atoms with E-state index in [0.29, 0.717) is 17.9 Å². The predicted molar refractivity (Wildman–Crippen MR) is 80.7 cm³/mol. The minimum Gasteiger partial charge on any atom is -0.423 e. The molecule has 3 heteroatoms. The Hall–Kier alpha value is -2.13. The van der Waals surface area contributed by atoms with Crippen LogP contribution in [0.3, 0.4) is 0 Å². The van der Waals surface area contributed by atoms with Gasteiger partial charge in [-0.05, 0) is 43.7 Å². The molecule has 0 aromatic heterocycles. The van der Waals surface area contributed by atoms with Gasteiger partial charge < -0.3 is 9.47 Å². The summed E-state index contributed by atoms with van der Waals surface area (Å²) in [4.78, 5) is 12.1. The molecule has 1 aliphatic heterocycles. The van der Waals surface area contributed by atoms with E-state index in [9.17, 15) is 4.79 Å². The van der Waals surface area contributed by atoms with E-state index in [1.54, 1.807) is 12.1 Å². The van der Waals surface area contributed by atoms with Crippen LogP contribution in [-0.2, 0) is 9.47 Å². The summed E-state index contributed by atoms with van der Waals surface area (Å²) in [5.74, 6) is 0.471. The Bertz CT molecular complexity index is 636. The molecule has 1 saturated heterocycles. The standard InChI is InChI=1S/C18H18O3/c1-18(2)16-11-10-15(9-8-14(16)12-20-18)21-17(19)13-6-4-3-5-7-13/h3-11,14H,12H2,1-2H3/t14-/m1/s1. The molecule has 0 bridgehead atoms. The van der Waals surface area contributed by atoms with Gasteiger partial charge in [0.15, 0.2) is 0 Å². The first-order valence-corrected chi connectivity index (χ1v) is 7.08. The molecule has 0 spiro atoms. The number of carbonyl (C=O) groups excluding carboxylic acids is 1. The van der Waals surface area contributed by atoms with E-state index in [1.165, 1.54) is 5.57 Å². The second kappa shape index (κ2) is 5.34. The molecule has 108 valence electrons. The highest BCUT2D eigenvalue weighted by Crippen LogP contribution is 2.37. The monoisotopic (exact) mass is 282 g/mol. The Morgan fingerprint density at radius 2 is 2.00 bits per heavy atom. The molecule has 1 aromatic carbocycles. The van der Waals surface area contributed by atoms with Gasteiger partial charge in [-0.15, -0.1) is 0 Å².